The molecule has 0 radical (unpaired) electrons. The number of fused-ring (bicyclic) bond motifs is 1. The van der Waals surface area contributed by atoms with Crippen LogP contribution in [0, 0.1) is 17.6 Å². The number of hydrogen-bond donors (Lipinski definition) is 1. The first-order valence-electron chi connectivity index (χ1n) is 9.82. The number of benzene rings is 1. The Morgan fingerprint density at radius 3 is 2.90 bits per heavy atom. The third-order valence-electron chi connectivity index (χ3n) is 5.21. The molecule has 1 aliphatic rings. The summed E-state index contributed by atoms with van der Waals surface area (Å²) in [5, 5.41) is 6.66. The summed E-state index contributed by atoms with van der Waals surface area (Å²) in [4.78, 5) is 31.3. The van der Waals surface area contributed by atoms with Crippen molar-refractivity contribution in [1.82, 2.24) is 24.5 Å². The van der Waals surface area contributed by atoms with Gasteiger partial charge in [0.2, 0.25) is 5.91 Å². The van der Waals surface area contributed by atoms with Crippen molar-refractivity contribution in [2.75, 3.05) is 18.0 Å². The fraction of sp³-hybridized carbons (Fsp3) is 0.400. The Bertz CT molecular complexity index is 1140. The van der Waals surface area contributed by atoms with Crippen molar-refractivity contribution >= 4 is 17.5 Å². The highest BCUT2D eigenvalue weighted by atomic mass is 19.1. The van der Waals surface area contributed by atoms with E-state index in [2.05, 4.69) is 27.2 Å². The minimum Gasteiger partial charge on any atom is -0.356 e. The normalized spacial score (nSPS) is 16.8. The van der Waals surface area contributed by atoms with Gasteiger partial charge in [0.1, 0.15) is 24.0 Å². The Kier molecular flexibility index (Phi) is 5.47. The predicted octanol–water partition coefficient (Wildman–Crippen LogP) is 1.72. The summed E-state index contributed by atoms with van der Waals surface area (Å²) >= 11 is 0. The largest absolute Gasteiger partial charge is 0.356 e. The topological polar surface area (TPSA) is 84.5 Å². The van der Waals surface area contributed by atoms with E-state index in [0.29, 0.717) is 5.92 Å². The summed E-state index contributed by atoms with van der Waals surface area (Å²) in [6, 6.07) is 4.90. The molecule has 10 heteroatoms. The molecule has 158 valence electrons. The first kappa shape index (κ1) is 20.0. The van der Waals surface area contributed by atoms with E-state index >= 15 is 0 Å². The molecule has 0 bridgehead atoms. The zero-order valence-corrected chi connectivity index (χ0v) is 16.5. The molecule has 8 nitrogen and oxygen atoms in total. The number of nitrogens with zero attached hydrogens (tertiary/aromatic N) is 5. The number of anilines is 1. The van der Waals surface area contributed by atoms with Crippen molar-refractivity contribution in [1.29, 1.82) is 0 Å². The lowest BCUT2D eigenvalue weighted by atomic mass is 10.0. The second-order valence-electron chi connectivity index (χ2n) is 7.60. The fourth-order valence-corrected chi connectivity index (χ4v) is 3.62. The molecule has 1 amide bonds. The van der Waals surface area contributed by atoms with Crippen LogP contribution in [0.1, 0.15) is 25.3 Å². The summed E-state index contributed by atoms with van der Waals surface area (Å²) in [5.74, 6) is -0.412. The summed E-state index contributed by atoms with van der Waals surface area (Å²) in [7, 11) is 0. The van der Waals surface area contributed by atoms with Gasteiger partial charge >= 0.3 is 5.69 Å². The predicted molar refractivity (Wildman–Crippen MR) is 106 cm³/mol. The number of nitrogens with one attached hydrogen (secondary N) is 1. The van der Waals surface area contributed by atoms with Gasteiger partial charge in [-0.25, -0.2) is 22.7 Å². The zero-order valence-electron chi connectivity index (χ0n) is 16.5. The number of aromatic nitrogens is 4. The van der Waals surface area contributed by atoms with Crippen LogP contribution in [0.3, 0.4) is 0 Å². The van der Waals surface area contributed by atoms with Crippen molar-refractivity contribution in [3.63, 3.8) is 0 Å². The smallest absolute Gasteiger partial charge is 0.352 e. The maximum Gasteiger partial charge on any atom is 0.352 e. The maximum atomic E-state index is 13.7. The summed E-state index contributed by atoms with van der Waals surface area (Å²) in [5.41, 5.74) is -0.339. The second kappa shape index (κ2) is 8.21. The summed E-state index contributed by atoms with van der Waals surface area (Å²) < 4.78 is 28.9. The number of rotatable bonds is 5. The number of carbonyl (C=O) groups excluding carboxylic acids is 1. The molecular formula is C20H22F2N6O2. The first-order chi connectivity index (χ1) is 14.4. The van der Waals surface area contributed by atoms with E-state index in [1.54, 1.807) is 12.3 Å². The van der Waals surface area contributed by atoms with Gasteiger partial charge in [0.15, 0.2) is 0 Å². The molecule has 4 rings (SSSR count). The van der Waals surface area contributed by atoms with Gasteiger partial charge < -0.3 is 10.2 Å². The Morgan fingerprint density at radius 1 is 1.30 bits per heavy atom. The quantitative estimate of drug-likeness (QED) is 0.685. The second-order valence-corrected chi connectivity index (χ2v) is 7.60. The van der Waals surface area contributed by atoms with Gasteiger partial charge in [-0.2, -0.15) is 4.98 Å². The van der Waals surface area contributed by atoms with Crippen LogP contribution in [0.25, 0.3) is 5.78 Å². The van der Waals surface area contributed by atoms with Gasteiger partial charge in [0.05, 0.1) is 0 Å². The van der Waals surface area contributed by atoms with E-state index < -0.39 is 23.2 Å². The lowest BCUT2D eigenvalue weighted by Gasteiger charge is -2.31. The van der Waals surface area contributed by atoms with Crippen LogP contribution in [0.15, 0.2) is 35.3 Å². The van der Waals surface area contributed by atoms with Crippen LogP contribution in [0.5, 0.6) is 0 Å². The highest BCUT2D eigenvalue weighted by Gasteiger charge is 2.19. The standard InChI is InChI=1S/C20H22F2N6O2/c1-13-3-2-7-26(11-13)17-6-8-27-19(24-17)25-28(20(27)30)12-18(29)23-10-14-4-5-15(21)9-16(14)22/h4-6,8-9,13H,2-3,7,10-12H2,1H3,(H,23,29)/t13-/m0/s1. The maximum absolute atomic E-state index is 13.7. The summed E-state index contributed by atoms with van der Waals surface area (Å²) in [6.45, 7) is 3.54. The molecule has 0 spiro atoms. The van der Waals surface area contributed by atoms with E-state index in [-0.39, 0.29) is 24.4 Å². The lowest BCUT2D eigenvalue weighted by Crippen LogP contribution is -2.35. The lowest BCUT2D eigenvalue weighted by molar-refractivity contribution is -0.122. The highest BCUT2D eigenvalue weighted by molar-refractivity contribution is 5.75. The Hall–Kier alpha value is -3.30. The third-order valence-corrected chi connectivity index (χ3v) is 5.21. The van der Waals surface area contributed by atoms with Crippen LogP contribution < -0.4 is 15.9 Å². The van der Waals surface area contributed by atoms with Gasteiger partial charge in [-0.1, -0.05) is 13.0 Å². The van der Waals surface area contributed by atoms with Gasteiger partial charge in [0.25, 0.3) is 5.78 Å². The van der Waals surface area contributed by atoms with Crippen molar-refractivity contribution < 1.29 is 13.6 Å². The van der Waals surface area contributed by atoms with Crippen molar-refractivity contribution in [3.8, 4) is 0 Å². The Labute approximate surface area is 171 Å². The van der Waals surface area contributed by atoms with Crippen molar-refractivity contribution in [2.45, 2.75) is 32.9 Å². The Morgan fingerprint density at radius 2 is 2.13 bits per heavy atom. The molecule has 3 aromatic rings. The van der Waals surface area contributed by atoms with Gasteiger partial charge in [-0.15, -0.1) is 5.10 Å². The van der Waals surface area contributed by atoms with E-state index in [0.717, 1.165) is 42.1 Å². The molecule has 0 unspecified atom stereocenters. The van der Waals surface area contributed by atoms with Gasteiger partial charge in [-0.05, 0) is 30.9 Å². The minimum absolute atomic E-state index is 0.122. The van der Waals surface area contributed by atoms with Crippen LogP contribution in [-0.2, 0) is 17.9 Å². The monoisotopic (exact) mass is 416 g/mol. The molecule has 2 aromatic heterocycles. The molecule has 0 saturated carbocycles. The van der Waals surface area contributed by atoms with Gasteiger partial charge in [-0.3, -0.25) is 4.79 Å². The average Bonchev–Trinajstić information content (AvgIpc) is 3.02. The van der Waals surface area contributed by atoms with E-state index in [1.807, 2.05) is 0 Å². The first-order valence-corrected chi connectivity index (χ1v) is 9.82. The molecule has 1 atom stereocenters. The number of amides is 1. The average molecular weight is 416 g/mol. The molecule has 30 heavy (non-hydrogen) atoms. The number of carbonyl (C=O) groups is 1. The molecule has 0 aliphatic carbocycles. The number of piperidine rings is 1. The highest BCUT2D eigenvalue weighted by Crippen LogP contribution is 2.21. The third kappa shape index (κ3) is 4.17. The van der Waals surface area contributed by atoms with E-state index in [1.165, 1.54) is 16.9 Å². The number of halogens is 2. The Balaban J connectivity index is 1.46. The van der Waals surface area contributed by atoms with E-state index in [9.17, 15) is 18.4 Å². The molecule has 1 aromatic carbocycles. The summed E-state index contributed by atoms with van der Waals surface area (Å²) in [6.07, 6.45) is 3.88. The van der Waals surface area contributed by atoms with Crippen LogP contribution >= 0.6 is 0 Å². The van der Waals surface area contributed by atoms with Crippen LogP contribution in [0.4, 0.5) is 14.6 Å². The SMILES string of the molecule is C[C@H]1CCCN(c2ccn3c(=O)n(CC(=O)NCc4ccc(F)cc4F)nc3n2)C1. The molecule has 1 saturated heterocycles. The van der Waals surface area contributed by atoms with Crippen LogP contribution in [0.2, 0.25) is 0 Å². The molecule has 1 N–H and O–H groups in total. The molecular weight excluding hydrogens is 394 g/mol. The van der Waals surface area contributed by atoms with Crippen molar-refractivity contribution in [2.24, 2.45) is 5.92 Å². The molecule has 1 aliphatic heterocycles. The van der Waals surface area contributed by atoms with Crippen molar-refractivity contribution in [3.05, 3.63) is 58.1 Å². The fourth-order valence-electron chi connectivity index (χ4n) is 3.62. The molecule has 1 fully saturated rings. The number of hydrogen-bond acceptors (Lipinski definition) is 5. The van der Waals surface area contributed by atoms with E-state index in [4.69, 9.17) is 0 Å². The van der Waals surface area contributed by atoms with Gasteiger partial charge in [0, 0.05) is 37.5 Å². The minimum atomic E-state index is -0.746. The zero-order chi connectivity index (χ0) is 21.3. The molecule has 3 heterocycles. The van der Waals surface area contributed by atoms with Crippen LogP contribution in [-0.4, -0.2) is 38.2 Å².